The van der Waals surface area contributed by atoms with Crippen LogP contribution in [0, 0.1) is 10.1 Å². The third-order valence-electron chi connectivity index (χ3n) is 3.21. The van der Waals surface area contributed by atoms with Gasteiger partial charge in [0.1, 0.15) is 5.75 Å². The molecule has 8 heteroatoms. The fourth-order valence-electron chi connectivity index (χ4n) is 2.13. The van der Waals surface area contributed by atoms with E-state index in [2.05, 4.69) is 5.32 Å². The number of amides is 1. The van der Waals surface area contributed by atoms with E-state index in [1.807, 2.05) is 6.92 Å². The van der Waals surface area contributed by atoms with Gasteiger partial charge in [0.25, 0.3) is 11.6 Å². The SMILES string of the molecule is C[C@@H]1CNCCN1C(=O)COc1cccc([N+](=O)[O-])c1.Cl. The highest BCUT2D eigenvalue weighted by atomic mass is 35.5. The predicted octanol–water partition coefficient (Wildman–Crippen LogP) is 1.22. The number of nitro benzene ring substituents is 1. The smallest absolute Gasteiger partial charge is 0.273 e. The zero-order chi connectivity index (χ0) is 14.5. The summed E-state index contributed by atoms with van der Waals surface area (Å²) >= 11 is 0. The van der Waals surface area contributed by atoms with Gasteiger partial charge < -0.3 is 15.0 Å². The summed E-state index contributed by atoms with van der Waals surface area (Å²) < 4.78 is 5.34. The molecule has 0 spiro atoms. The number of non-ortho nitro benzene ring substituents is 1. The highest BCUT2D eigenvalue weighted by molar-refractivity contribution is 5.85. The molecule has 1 aromatic rings. The van der Waals surface area contributed by atoms with Gasteiger partial charge in [-0.05, 0) is 13.0 Å². The largest absolute Gasteiger partial charge is 0.484 e. The molecule has 0 aliphatic carbocycles. The number of hydrogen-bond acceptors (Lipinski definition) is 5. The van der Waals surface area contributed by atoms with Crippen molar-refractivity contribution in [1.29, 1.82) is 0 Å². The van der Waals surface area contributed by atoms with Crippen molar-refractivity contribution in [2.45, 2.75) is 13.0 Å². The molecule has 0 saturated carbocycles. The fraction of sp³-hybridized carbons (Fsp3) is 0.462. The molecular weight excluding hydrogens is 298 g/mol. The van der Waals surface area contributed by atoms with Crippen molar-refractivity contribution >= 4 is 24.0 Å². The van der Waals surface area contributed by atoms with Crippen molar-refractivity contribution in [2.75, 3.05) is 26.2 Å². The van der Waals surface area contributed by atoms with Crippen LogP contribution in [-0.2, 0) is 4.79 Å². The molecule has 1 aliphatic heterocycles. The second kappa shape index (κ2) is 7.80. The Morgan fingerprint density at radius 3 is 3.00 bits per heavy atom. The zero-order valence-corrected chi connectivity index (χ0v) is 12.5. The lowest BCUT2D eigenvalue weighted by Gasteiger charge is -2.33. The van der Waals surface area contributed by atoms with E-state index in [1.165, 1.54) is 18.2 Å². The van der Waals surface area contributed by atoms with Gasteiger partial charge in [0.2, 0.25) is 0 Å². The number of carbonyl (C=O) groups is 1. The van der Waals surface area contributed by atoms with Crippen LogP contribution in [0.5, 0.6) is 5.75 Å². The number of nitrogens with zero attached hydrogens (tertiary/aromatic N) is 2. The Hall–Kier alpha value is -1.86. The minimum absolute atomic E-state index is 0. The number of benzene rings is 1. The van der Waals surface area contributed by atoms with Crippen LogP contribution in [0.1, 0.15) is 6.92 Å². The molecule has 1 aromatic carbocycles. The minimum Gasteiger partial charge on any atom is -0.484 e. The van der Waals surface area contributed by atoms with Crippen molar-refractivity contribution in [3.8, 4) is 5.75 Å². The molecule has 2 rings (SSSR count). The number of ether oxygens (including phenoxy) is 1. The van der Waals surface area contributed by atoms with Gasteiger partial charge in [-0.1, -0.05) is 6.07 Å². The summed E-state index contributed by atoms with van der Waals surface area (Å²) in [6.07, 6.45) is 0. The van der Waals surface area contributed by atoms with Crippen molar-refractivity contribution in [3.63, 3.8) is 0 Å². The van der Waals surface area contributed by atoms with E-state index in [0.717, 1.165) is 13.1 Å². The summed E-state index contributed by atoms with van der Waals surface area (Å²) in [6, 6.07) is 5.96. The van der Waals surface area contributed by atoms with Gasteiger partial charge in [-0.25, -0.2) is 0 Å². The summed E-state index contributed by atoms with van der Waals surface area (Å²) in [5, 5.41) is 13.9. The average Bonchev–Trinajstić information content (AvgIpc) is 2.45. The van der Waals surface area contributed by atoms with Crippen LogP contribution in [0.15, 0.2) is 24.3 Å². The lowest BCUT2D eigenvalue weighted by Crippen LogP contribution is -2.53. The molecular formula is C13H18ClN3O4. The maximum atomic E-state index is 12.0. The van der Waals surface area contributed by atoms with E-state index in [9.17, 15) is 14.9 Å². The molecule has 1 fully saturated rings. The van der Waals surface area contributed by atoms with E-state index in [0.29, 0.717) is 12.3 Å². The number of halogens is 1. The Balaban J connectivity index is 0.00000220. The van der Waals surface area contributed by atoms with Crippen LogP contribution < -0.4 is 10.1 Å². The molecule has 0 bridgehead atoms. The highest BCUT2D eigenvalue weighted by Gasteiger charge is 2.23. The van der Waals surface area contributed by atoms with Crippen LogP contribution >= 0.6 is 12.4 Å². The van der Waals surface area contributed by atoms with Crippen molar-refractivity contribution in [1.82, 2.24) is 10.2 Å². The third-order valence-corrected chi connectivity index (χ3v) is 3.21. The number of nitro groups is 1. The molecule has 1 atom stereocenters. The van der Waals surface area contributed by atoms with Crippen molar-refractivity contribution in [2.24, 2.45) is 0 Å². The quantitative estimate of drug-likeness (QED) is 0.667. The molecule has 21 heavy (non-hydrogen) atoms. The lowest BCUT2D eigenvalue weighted by atomic mass is 10.2. The summed E-state index contributed by atoms with van der Waals surface area (Å²) in [5.41, 5.74) is -0.0505. The number of rotatable bonds is 4. The molecule has 116 valence electrons. The van der Waals surface area contributed by atoms with E-state index in [-0.39, 0.29) is 36.7 Å². The van der Waals surface area contributed by atoms with Gasteiger partial charge in [-0.15, -0.1) is 12.4 Å². The lowest BCUT2D eigenvalue weighted by molar-refractivity contribution is -0.384. The van der Waals surface area contributed by atoms with Crippen LogP contribution in [0.3, 0.4) is 0 Å². The summed E-state index contributed by atoms with van der Waals surface area (Å²) in [5.74, 6) is 0.223. The number of nitrogens with one attached hydrogen (secondary N) is 1. The molecule has 7 nitrogen and oxygen atoms in total. The monoisotopic (exact) mass is 315 g/mol. The summed E-state index contributed by atoms with van der Waals surface area (Å²) in [7, 11) is 0. The van der Waals surface area contributed by atoms with Crippen LogP contribution in [0.25, 0.3) is 0 Å². The first-order chi connectivity index (χ1) is 9.58. The van der Waals surface area contributed by atoms with Gasteiger partial charge in [-0.2, -0.15) is 0 Å². The molecule has 1 saturated heterocycles. The Morgan fingerprint density at radius 2 is 2.33 bits per heavy atom. The van der Waals surface area contributed by atoms with Gasteiger partial charge in [0.05, 0.1) is 11.0 Å². The van der Waals surface area contributed by atoms with E-state index < -0.39 is 4.92 Å². The van der Waals surface area contributed by atoms with E-state index in [4.69, 9.17) is 4.74 Å². The van der Waals surface area contributed by atoms with Gasteiger partial charge in [-0.3, -0.25) is 14.9 Å². The maximum absolute atomic E-state index is 12.0. The second-order valence-electron chi connectivity index (χ2n) is 4.68. The van der Waals surface area contributed by atoms with Gasteiger partial charge in [0.15, 0.2) is 6.61 Å². The van der Waals surface area contributed by atoms with Crippen LogP contribution in [0.2, 0.25) is 0 Å². The number of hydrogen-bond donors (Lipinski definition) is 1. The fourth-order valence-corrected chi connectivity index (χ4v) is 2.13. The molecule has 0 aromatic heterocycles. The molecule has 1 aliphatic rings. The van der Waals surface area contributed by atoms with E-state index in [1.54, 1.807) is 11.0 Å². The topological polar surface area (TPSA) is 84.7 Å². The van der Waals surface area contributed by atoms with Crippen LogP contribution in [0.4, 0.5) is 5.69 Å². The third kappa shape index (κ3) is 4.57. The average molecular weight is 316 g/mol. The Morgan fingerprint density at radius 1 is 1.57 bits per heavy atom. The zero-order valence-electron chi connectivity index (χ0n) is 11.7. The number of carbonyl (C=O) groups excluding carboxylic acids is 1. The Labute approximate surface area is 128 Å². The van der Waals surface area contributed by atoms with Crippen LogP contribution in [-0.4, -0.2) is 48.0 Å². The normalized spacial score (nSPS) is 17.8. The highest BCUT2D eigenvalue weighted by Crippen LogP contribution is 2.19. The molecule has 1 N–H and O–H groups in total. The number of piperazine rings is 1. The minimum atomic E-state index is -0.493. The van der Waals surface area contributed by atoms with E-state index >= 15 is 0 Å². The Bertz CT molecular complexity index is 512. The second-order valence-corrected chi connectivity index (χ2v) is 4.68. The van der Waals surface area contributed by atoms with Gasteiger partial charge in [0, 0.05) is 31.7 Å². The van der Waals surface area contributed by atoms with Crippen molar-refractivity contribution < 1.29 is 14.5 Å². The van der Waals surface area contributed by atoms with Gasteiger partial charge >= 0.3 is 0 Å². The molecule has 1 amide bonds. The summed E-state index contributed by atoms with van der Waals surface area (Å²) in [6.45, 7) is 4.05. The standard InChI is InChI=1S/C13H17N3O4.ClH/c1-10-8-14-5-6-15(10)13(17)9-20-12-4-2-3-11(7-12)16(18)19;/h2-4,7,10,14H,5-6,8-9H2,1H3;1H/t10-;/m1./s1. The van der Waals surface area contributed by atoms with Crippen molar-refractivity contribution in [3.05, 3.63) is 34.4 Å². The molecule has 0 radical (unpaired) electrons. The predicted molar refractivity (Wildman–Crippen MR) is 79.9 cm³/mol. The Kier molecular flexibility index (Phi) is 6.39. The molecule has 0 unspecified atom stereocenters. The first kappa shape index (κ1) is 17.2. The maximum Gasteiger partial charge on any atom is 0.273 e. The molecule has 1 heterocycles. The summed E-state index contributed by atoms with van der Waals surface area (Å²) in [4.78, 5) is 24.0. The first-order valence-electron chi connectivity index (χ1n) is 6.45. The first-order valence-corrected chi connectivity index (χ1v) is 6.45.